The maximum absolute atomic E-state index is 13.0. The van der Waals surface area contributed by atoms with Gasteiger partial charge in [0.15, 0.2) is 0 Å². The fourth-order valence-corrected chi connectivity index (χ4v) is 4.01. The standard InChI is InChI=1S/C14H12BrClFNO2S/c1-2-18(11-5-3-10(17)4-6-11)21(19,20)12-7-8-14(16)13(15)9-12/h3-9H,2H2,1H3. The van der Waals surface area contributed by atoms with Crippen LogP contribution < -0.4 is 4.31 Å². The zero-order valence-electron chi connectivity index (χ0n) is 11.1. The van der Waals surface area contributed by atoms with E-state index in [-0.39, 0.29) is 11.4 Å². The van der Waals surface area contributed by atoms with Crippen LogP contribution in [0.1, 0.15) is 6.92 Å². The maximum atomic E-state index is 13.0. The molecular formula is C14H12BrClFNO2S. The van der Waals surface area contributed by atoms with Gasteiger partial charge in [0.25, 0.3) is 10.0 Å². The highest BCUT2D eigenvalue weighted by Gasteiger charge is 2.24. The zero-order valence-corrected chi connectivity index (χ0v) is 14.2. The van der Waals surface area contributed by atoms with Crippen LogP contribution in [0, 0.1) is 5.82 Å². The molecule has 0 fully saturated rings. The Kier molecular flexibility index (Phi) is 4.91. The van der Waals surface area contributed by atoms with Gasteiger partial charge in [-0.05, 0) is 65.3 Å². The van der Waals surface area contributed by atoms with E-state index >= 15 is 0 Å². The number of anilines is 1. The fraction of sp³-hybridized carbons (Fsp3) is 0.143. The van der Waals surface area contributed by atoms with Gasteiger partial charge in [0, 0.05) is 11.0 Å². The molecule has 112 valence electrons. The van der Waals surface area contributed by atoms with Crippen LogP contribution in [0.4, 0.5) is 10.1 Å². The van der Waals surface area contributed by atoms with Gasteiger partial charge in [-0.1, -0.05) is 11.6 Å². The van der Waals surface area contributed by atoms with Crippen LogP contribution in [0.3, 0.4) is 0 Å². The number of rotatable bonds is 4. The largest absolute Gasteiger partial charge is 0.267 e. The van der Waals surface area contributed by atoms with Gasteiger partial charge in [-0.25, -0.2) is 12.8 Å². The second-order valence-corrected chi connectivity index (χ2v) is 7.35. The summed E-state index contributed by atoms with van der Waals surface area (Å²) >= 11 is 9.09. The van der Waals surface area contributed by atoms with Crippen molar-refractivity contribution in [3.63, 3.8) is 0 Å². The van der Waals surface area contributed by atoms with Crippen LogP contribution in [0.15, 0.2) is 51.8 Å². The fourth-order valence-electron chi connectivity index (χ4n) is 1.86. The SMILES string of the molecule is CCN(c1ccc(F)cc1)S(=O)(=O)c1ccc(Cl)c(Br)c1. The number of benzene rings is 2. The quantitative estimate of drug-likeness (QED) is 0.770. The minimum atomic E-state index is -3.73. The Labute approximate surface area is 136 Å². The molecule has 0 amide bonds. The lowest BCUT2D eigenvalue weighted by atomic mass is 10.3. The van der Waals surface area contributed by atoms with Crippen molar-refractivity contribution in [2.75, 3.05) is 10.8 Å². The molecule has 0 atom stereocenters. The summed E-state index contributed by atoms with van der Waals surface area (Å²) in [6, 6.07) is 9.72. The van der Waals surface area contributed by atoms with E-state index in [2.05, 4.69) is 15.9 Å². The second kappa shape index (κ2) is 6.34. The van der Waals surface area contributed by atoms with Crippen molar-refractivity contribution in [3.05, 3.63) is 57.8 Å². The number of hydrogen-bond donors (Lipinski definition) is 0. The van der Waals surface area contributed by atoms with E-state index in [1.54, 1.807) is 6.92 Å². The van der Waals surface area contributed by atoms with Crippen LogP contribution in [0.2, 0.25) is 5.02 Å². The van der Waals surface area contributed by atoms with Gasteiger partial charge in [0.1, 0.15) is 5.82 Å². The molecule has 0 aliphatic heterocycles. The third-order valence-electron chi connectivity index (χ3n) is 2.88. The Morgan fingerprint density at radius 2 is 1.81 bits per heavy atom. The van der Waals surface area contributed by atoms with Crippen LogP contribution in [-0.2, 0) is 10.0 Å². The number of hydrogen-bond acceptors (Lipinski definition) is 2. The van der Waals surface area contributed by atoms with Gasteiger partial charge in [0.05, 0.1) is 15.6 Å². The highest BCUT2D eigenvalue weighted by molar-refractivity contribution is 9.10. The van der Waals surface area contributed by atoms with Crippen molar-refractivity contribution in [2.45, 2.75) is 11.8 Å². The molecule has 0 aliphatic carbocycles. The van der Waals surface area contributed by atoms with Gasteiger partial charge < -0.3 is 0 Å². The lowest BCUT2D eigenvalue weighted by Gasteiger charge is -2.23. The predicted octanol–water partition coefficient (Wildman–Crippen LogP) is 4.46. The summed E-state index contributed by atoms with van der Waals surface area (Å²) in [5, 5.41) is 0.429. The van der Waals surface area contributed by atoms with E-state index in [1.165, 1.54) is 46.8 Å². The van der Waals surface area contributed by atoms with Crippen molar-refractivity contribution in [1.82, 2.24) is 0 Å². The van der Waals surface area contributed by atoms with Crippen molar-refractivity contribution in [3.8, 4) is 0 Å². The average Bonchev–Trinajstić information content (AvgIpc) is 2.44. The number of sulfonamides is 1. The van der Waals surface area contributed by atoms with Gasteiger partial charge in [0.2, 0.25) is 0 Å². The van der Waals surface area contributed by atoms with E-state index in [0.29, 0.717) is 15.2 Å². The highest BCUT2D eigenvalue weighted by Crippen LogP contribution is 2.29. The summed E-state index contributed by atoms with van der Waals surface area (Å²) in [5.74, 6) is -0.415. The zero-order chi connectivity index (χ0) is 15.6. The molecular weight excluding hydrogens is 381 g/mol. The molecule has 7 heteroatoms. The third kappa shape index (κ3) is 3.39. The van der Waals surface area contributed by atoms with Gasteiger partial charge in [-0.3, -0.25) is 4.31 Å². The first-order valence-electron chi connectivity index (χ1n) is 6.09. The van der Waals surface area contributed by atoms with E-state index < -0.39 is 15.8 Å². The first-order chi connectivity index (χ1) is 9.86. The predicted molar refractivity (Wildman–Crippen MR) is 85.8 cm³/mol. The molecule has 0 bridgehead atoms. The molecule has 2 aromatic rings. The first kappa shape index (κ1) is 16.3. The van der Waals surface area contributed by atoms with Crippen LogP contribution in [0.5, 0.6) is 0 Å². The van der Waals surface area contributed by atoms with Gasteiger partial charge >= 0.3 is 0 Å². The summed E-state index contributed by atoms with van der Waals surface area (Å²) in [4.78, 5) is 0.116. The molecule has 0 spiro atoms. The molecule has 2 aromatic carbocycles. The van der Waals surface area contributed by atoms with E-state index in [9.17, 15) is 12.8 Å². The molecule has 21 heavy (non-hydrogen) atoms. The van der Waals surface area contributed by atoms with Gasteiger partial charge in [-0.15, -0.1) is 0 Å². The average molecular weight is 393 g/mol. The molecule has 0 aliphatic rings. The molecule has 0 saturated heterocycles. The monoisotopic (exact) mass is 391 g/mol. The van der Waals surface area contributed by atoms with Crippen LogP contribution >= 0.6 is 27.5 Å². The van der Waals surface area contributed by atoms with Crippen molar-refractivity contribution in [2.24, 2.45) is 0 Å². The topological polar surface area (TPSA) is 37.4 Å². The Hall–Kier alpha value is -1.11. The van der Waals surface area contributed by atoms with Crippen LogP contribution in [0.25, 0.3) is 0 Å². The molecule has 0 radical (unpaired) electrons. The normalized spacial score (nSPS) is 11.4. The minimum Gasteiger partial charge on any atom is -0.267 e. The Balaban J connectivity index is 2.49. The molecule has 0 aromatic heterocycles. The molecule has 2 rings (SSSR count). The lowest BCUT2D eigenvalue weighted by Crippen LogP contribution is -2.30. The highest BCUT2D eigenvalue weighted by atomic mass is 79.9. The lowest BCUT2D eigenvalue weighted by molar-refractivity contribution is 0.591. The summed E-state index contributed by atoms with van der Waals surface area (Å²) in [6.45, 7) is 1.94. The molecule has 0 N–H and O–H groups in total. The summed E-state index contributed by atoms with van der Waals surface area (Å²) in [7, 11) is -3.73. The Bertz CT molecular complexity index is 750. The number of halogens is 3. The maximum Gasteiger partial charge on any atom is 0.264 e. The van der Waals surface area contributed by atoms with Crippen LogP contribution in [-0.4, -0.2) is 15.0 Å². The van der Waals surface area contributed by atoms with E-state index in [1.807, 2.05) is 0 Å². The third-order valence-corrected chi connectivity index (χ3v) is 5.99. The smallest absolute Gasteiger partial charge is 0.264 e. The van der Waals surface area contributed by atoms with Crippen molar-refractivity contribution in [1.29, 1.82) is 0 Å². The van der Waals surface area contributed by atoms with Crippen molar-refractivity contribution < 1.29 is 12.8 Å². The second-order valence-electron chi connectivity index (χ2n) is 4.22. The Morgan fingerprint density at radius 1 is 1.19 bits per heavy atom. The molecule has 0 heterocycles. The molecule has 3 nitrogen and oxygen atoms in total. The summed E-state index contributed by atoms with van der Waals surface area (Å²) in [5.41, 5.74) is 0.407. The minimum absolute atomic E-state index is 0.116. The van der Waals surface area contributed by atoms with E-state index in [4.69, 9.17) is 11.6 Å². The summed E-state index contributed by atoms with van der Waals surface area (Å²) < 4.78 is 40.1. The summed E-state index contributed by atoms with van der Waals surface area (Å²) in [6.07, 6.45) is 0. The molecule has 0 unspecified atom stereocenters. The van der Waals surface area contributed by atoms with Gasteiger partial charge in [-0.2, -0.15) is 0 Å². The molecule has 0 saturated carbocycles. The number of nitrogens with zero attached hydrogens (tertiary/aromatic N) is 1. The van der Waals surface area contributed by atoms with E-state index in [0.717, 1.165) is 0 Å². The van der Waals surface area contributed by atoms with Crippen molar-refractivity contribution >= 4 is 43.2 Å². The first-order valence-corrected chi connectivity index (χ1v) is 8.70. The Morgan fingerprint density at radius 3 is 2.33 bits per heavy atom.